The van der Waals surface area contributed by atoms with Crippen LogP contribution >= 0.6 is 11.3 Å². The van der Waals surface area contributed by atoms with E-state index in [9.17, 15) is 14.4 Å². The Kier molecular flexibility index (Phi) is 8.01. The number of rotatable bonds is 9. The average Bonchev–Trinajstić information content (AvgIpc) is 3.04. The van der Waals surface area contributed by atoms with Crippen LogP contribution in [-0.2, 0) is 20.7 Å². The van der Waals surface area contributed by atoms with Gasteiger partial charge < -0.3 is 10.1 Å². The third-order valence-electron chi connectivity index (χ3n) is 3.51. The molecule has 0 aliphatic carbocycles. The Balaban J connectivity index is 1.58. The zero-order chi connectivity index (χ0) is 18.8. The van der Waals surface area contributed by atoms with E-state index in [1.807, 2.05) is 31.2 Å². The molecule has 7 nitrogen and oxygen atoms in total. The van der Waals surface area contributed by atoms with Crippen molar-refractivity contribution in [2.24, 2.45) is 0 Å². The number of carbonyl (C=O) groups excluding carboxylic acids is 3. The van der Waals surface area contributed by atoms with Crippen molar-refractivity contribution in [3.63, 3.8) is 0 Å². The Bertz CT molecular complexity index is 727. The number of aryl methyl sites for hydroxylation is 1. The number of amides is 3. The highest BCUT2D eigenvalue weighted by Crippen LogP contribution is 2.22. The van der Waals surface area contributed by atoms with Crippen LogP contribution in [0.2, 0.25) is 0 Å². The minimum atomic E-state index is -0.638. The van der Waals surface area contributed by atoms with E-state index in [2.05, 4.69) is 15.6 Å². The van der Waals surface area contributed by atoms with Gasteiger partial charge in [-0.05, 0) is 37.8 Å². The molecule has 140 valence electrons. The first-order valence-corrected chi connectivity index (χ1v) is 9.48. The van der Waals surface area contributed by atoms with Gasteiger partial charge in [-0.25, -0.2) is 9.78 Å². The van der Waals surface area contributed by atoms with Crippen LogP contribution < -0.4 is 10.6 Å². The molecule has 0 unspecified atom stereocenters. The summed E-state index contributed by atoms with van der Waals surface area (Å²) < 4.78 is 6.03. The summed E-state index contributed by atoms with van der Waals surface area (Å²) in [6, 6.07) is 7.40. The van der Waals surface area contributed by atoms with Crippen LogP contribution in [0.15, 0.2) is 24.3 Å². The lowest BCUT2D eigenvalue weighted by Gasteiger charge is -2.06. The van der Waals surface area contributed by atoms with Crippen LogP contribution in [-0.4, -0.2) is 36.0 Å². The molecule has 0 bridgehead atoms. The number of imide groups is 1. The number of fused-ring (bicyclic) bond motifs is 1. The molecular formula is C18H23N3O4S. The molecule has 26 heavy (non-hydrogen) atoms. The summed E-state index contributed by atoms with van der Waals surface area (Å²) in [7, 11) is 0. The number of nitrogens with one attached hydrogen (secondary N) is 2. The van der Waals surface area contributed by atoms with Crippen LogP contribution in [0, 0.1) is 0 Å². The first-order valence-electron chi connectivity index (χ1n) is 8.66. The quantitative estimate of drug-likeness (QED) is 0.517. The number of esters is 1. The fourth-order valence-electron chi connectivity index (χ4n) is 2.24. The summed E-state index contributed by atoms with van der Waals surface area (Å²) in [5.41, 5.74) is 1.00. The molecule has 1 aromatic carbocycles. The third-order valence-corrected chi connectivity index (χ3v) is 4.61. The summed E-state index contributed by atoms with van der Waals surface area (Å²) in [5.74, 6) is -1.08. The van der Waals surface area contributed by atoms with Crippen LogP contribution in [0.5, 0.6) is 0 Å². The molecular weight excluding hydrogens is 354 g/mol. The zero-order valence-electron chi connectivity index (χ0n) is 14.7. The van der Waals surface area contributed by atoms with Crippen molar-refractivity contribution in [2.75, 3.05) is 13.2 Å². The molecule has 2 aromatic rings. The van der Waals surface area contributed by atoms with Gasteiger partial charge in [0.25, 0.3) is 5.91 Å². The number of aromatic nitrogens is 1. The van der Waals surface area contributed by atoms with E-state index < -0.39 is 24.5 Å². The number of unbranched alkanes of at least 4 members (excludes halogenated alkanes) is 1. The molecule has 2 rings (SSSR count). The van der Waals surface area contributed by atoms with Gasteiger partial charge in [0.05, 0.1) is 15.2 Å². The number of urea groups is 1. The van der Waals surface area contributed by atoms with Gasteiger partial charge in [0.1, 0.15) is 0 Å². The van der Waals surface area contributed by atoms with E-state index in [0.29, 0.717) is 13.0 Å². The lowest BCUT2D eigenvalue weighted by Crippen LogP contribution is -2.41. The standard InChI is InChI=1S/C18H23N3O4S/c1-2-11-19-18(24)21-15(22)12-25-17(23)10-6-5-9-16-20-13-7-3-4-8-14(13)26-16/h3-4,7-8H,2,5-6,9-12H2,1H3,(H2,19,21,22,24). The number of benzene rings is 1. The molecule has 8 heteroatoms. The number of ether oxygens (including phenoxy) is 1. The van der Waals surface area contributed by atoms with E-state index in [0.717, 1.165) is 34.5 Å². The van der Waals surface area contributed by atoms with Gasteiger partial charge in [0.2, 0.25) is 0 Å². The number of para-hydroxylation sites is 1. The normalized spacial score (nSPS) is 10.5. The number of hydrogen-bond acceptors (Lipinski definition) is 6. The van der Waals surface area contributed by atoms with E-state index in [1.165, 1.54) is 0 Å². The maximum atomic E-state index is 11.6. The molecule has 3 amide bonds. The van der Waals surface area contributed by atoms with Gasteiger partial charge in [0, 0.05) is 13.0 Å². The summed E-state index contributed by atoms with van der Waals surface area (Å²) in [5, 5.41) is 5.65. The molecule has 0 saturated carbocycles. The topological polar surface area (TPSA) is 97.4 Å². The van der Waals surface area contributed by atoms with Crippen LogP contribution in [0.3, 0.4) is 0 Å². The highest BCUT2D eigenvalue weighted by atomic mass is 32.1. The number of thiazole rings is 1. The summed E-state index contributed by atoms with van der Waals surface area (Å²) in [4.78, 5) is 38.9. The Morgan fingerprint density at radius 2 is 2.00 bits per heavy atom. The monoisotopic (exact) mass is 377 g/mol. The average molecular weight is 377 g/mol. The SMILES string of the molecule is CCCNC(=O)NC(=O)COC(=O)CCCCc1nc2ccccc2s1. The number of carbonyl (C=O) groups is 3. The Hall–Kier alpha value is -2.48. The molecule has 1 aromatic heterocycles. The molecule has 0 radical (unpaired) electrons. The minimum absolute atomic E-state index is 0.236. The third kappa shape index (κ3) is 6.79. The second-order valence-electron chi connectivity index (χ2n) is 5.75. The highest BCUT2D eigenvalue weighted by molar-refractivity contribution is 7.18. The Morgan fingerprint density at radius 3 is 2.77 bits per heavy atom. The van der Waals surface area contributed by atoms with E-state index in [4.69, 9.17) is 4.74 Å². The molecule has 1 heterocycles. The van der Waals surface area contributed by atoms with Crippen LogP contribution in [0.25, 0.3) is 10.2 Å². The molecule has 0 spiro atoms. The van der Waals surface area contributed by atoms with Gasteiger partial charge in [-0.1, -0.05) is 19.1 Å². The van der Waals surface area contributed by atoms with Gasteiger partial charge in [0.15, 0.2) is 6.61 Å². The summed E-state index contributed by atoms with van der Waals surface area (Å²) in [6.07, 6.45) is 3.30. The number of hydrogen-bond donors (Lipinski definition) is 2. The highest BCUT2D eigenvalue weighted by Gasteiger charge is 2.10. The second-order valence-corrected chi connectivity index (χ2v) is 6.86. The maximum Gasteiger partial charge on any atom is 0.321 e. The molecule has 0 aliphatic rings. The number of nitrogens with zero attached hydrogens (tertiary/aromatic N) is 1. The van der Waals surface area contributed by atoms with Crippen molar-refractivity contribution in [3.8, 4) is 0 Å². The van der Waals surface area contributed by atoms with Crippen LogP contribution in [0.1, 0.15) is 37.6 Å². The second kappa shape index (κ2) is 10.5. The molecule has 0 saturated heterocycles. The van der Waals surface area contributed by atoms with E-state index in [-0.39, 0.29) is 6.42 Å². The predicted molar refractivity (Wildman–Crippen MR) is 100.0 cm³/mol. The smallest absolute Gasteiger partial charge is 0.321 e. The fourth-order valence-corrected chi connectivity index (χ4v) is 3.25. The van der Waals surface area contributed by atoms with Crippen molar-refractivity contribution in [2.45, 2.75) is 39.0 Å². The zero-order valence-corrected chi connectivity index (χ0v) is 15.6. The van der Waals surface area contributed by atoms with Crippen molar-refractivity contribution in [3.05, 3.63) is 29.3 Å². The minimum Gasteiger partial charge on any atom is -0.456 e. The van der Waals surface area contributed by atoms with E-state index >= 15 is 0 Å². The van der Waals surface area contributed by atoms with Crippen molar-refractivity contribution in [1.82, 2.24) is 15.6 Å². The fraction of sp³-hybridized carbons (Fsp3) is 0.444. The van der Waals surface area contributed by atoms with Crippen molar-refractivity contribution in [1.29, 1.82) is 0 Å². The Labute approximate surface area is 156 Å². The van der Waals surface area contributed by atoms with Gasteiger partial charge in [-0.2, -0.15) is 0 Å². The van der Waals surface area contributed by atoms with Gasteiger partial charge >= 0.3 is 12.0 Å². The molecule has 0 aliphatic heterocycles. The van der Waals surface area contributed by atoms with Gasteiger partial charge in [-0.3, -0.25) is 14.9 Å². The first kappa shape index (κ1) is 19.8. The summed E-state index contributed by atoms with van der Waals surface area (Å²) in [6.45, 7) is 1.94. The maximum absolute atomic E-state index is 11.6. The predicted octanol–water partition coefficient (Wildman–Crippen LogP) is 2.79. The Morgan fingerprint density at radius 1 is 1.19 bits per heavy atom. The van der Waals surface area contributed by atoms with E-state index in [1.54, 1.807) is 11.3 Å². The molecule has 0 fully saturated rings. The van der Waals surface area contributed by atoms with Crippen molar-refractivity contribution >= 4 is 39.5 Å². The first-order chi connectivity index (χ1) is 12.6. The van der Waals surface area contributed by atoms with Crippen molar-refractivity contribution < 1.29 is 19.1 Å². The molecule has 0 atom stereocenters. The largest absolute Gasteiger partial charge is 0.456 e. The van der Waals surface area contributed by atoms with Gasteiger partial charge in [-0.15, -0.1) is 11.3 Å². The summed E-state index contributed by atoms with van der Waals surface area (Å²) >= 11 is 1.66. The van der Waals surface area contributed by atoms with Crippen LogP contribution in [0.4, 0.5) is 4.79 Å². The lowest BCUT2D eigenvalue weighted by molar-refractivity contribution is -0.148. The molecule has 2 N–H and O–H groups in total. The lowest BCUT2D eigenvalue weighted by atomic mass is 10.2.